The van der Waals surface area contributed by atoms with Crippen molar-refractivity contribution in [2.75, 3.05) is 0 Å². The maximum atomic E-state index is 5.76. The number of rotatable bonds is 3. The van der Waals surface area contributed by atoms with Crippen LogP contribution in [0, 0.1) is 0 Å². The number of imidazole rings is 1. The van der Waals surface area contributed by atoms with Gasteiger partial charge in [-0.05, 0) is 18.8 Å². The van der Waals surface area contributed by atoms with E-state index in [-0.39, 0.29) is 0 Å². The molecule has 3 N–H and O–H groups in total. The first-order valence-electron chi connectivity index (χ1n) is 6.51. The molecule has 3 heteroatoms. The van der Waals surface area contributed by atoms with Crippen LogP contribution in [0.1, 0.15) is 75.0 Å². The van der Waals surface area contributed by atoms with E-state index in [1.165, 1.54) is 43.6 Å². The lowest BCUT2D eigenvalue weighted by Gasteiger charge is -2.19. The van der Waals surface area contributed by atoms with E-state index < -0.39 is 0 Å². The highest BCUT2D eigenvalue weighted by Gasteiger charge is 2.21. The molecule has 1 aliphatic carbocycles. The molecule has 0 spiro atoms. The molecule has 1 aromatic rings. The van der Waals surface area contributed by atoms with Gasteiger partial charge < -0.3 is 10.7 Å². The van der Waals surface area contributed by atoms with Crippen molar-refractivity contribution in [3.8, 4) is 0 Å². The summed E-state index contributed by atoms with van der Waals surface area (Å²) in [5.41, 5.74) is 8.06. The Morgan fingerprint density at radius 1 is 1.31 bits per heavy atom. The number of aromatic nitrogens is 2. The Kier molecular flexibility index (Phi) is 3.64. The number of H-pyrrole nitrogens is 1. The van der Waals surface area contributed by atoms with Gasteiger partial charge in [-0.3, -0.25) is 0 Å². The molecule has 1 aliphatic rings. The first kappa shape index (κ1) is 11.6. The minimum atomic E-state index is 0.465. The molecule has 0 radical (unpaired) electrons. The highest BCUT2D eigenvalue weighted by molar-refractivity contribution is 5.19. The number of nitrogens with one attached hydrogen (secondary N) is 1. The molecule has 0 aromatic carbocycles. The van der Waals surface area contributed by atoms with Gasteiger partial charge in [0.25, 0.3) is 0 Å². The topological polar surface area (TPSA) is 54.7 Å². The molecule has 1 saturated carbocycles. The van der Waals surface area contributed by atoms with Gasteiger partial charge in [0, 0.05) is 12.5 Å². The number of hydrogen-bond acceptors (Lipinski definition) is 2. The monoisotopic (exact) mass is 221 g/mol. The maximum Gasteiger partial charge on any atom is 0.109 e. The van der Waals surface area contributed by atoms with Gasteiger partial charge in [-0.25, -0.2) is 4.98 Å². The Bertz CT molecular complexity index is 335. The summed E-state index contributed by atoms with van der Waals surface area (Å²) in [4.78, 5) is 8.22. The number of nitrogens with two attached hydrogens (primary N) is 1. The van der Waals surface area contributed by atoms with Crippen molar-refractivity contribution in [2.24, 2.45) is 5.73 Å². The van der Waals surface area contributed by atoms with Crippen molar-refractivity contribution >= 4 is 0 Å². The summed E-state index contributed by atoms with van der Waals surface area (Å²) in [7, 11) is 0. The van der Waals surface area contributed by atoms with Gasteiger partial charge in [-0.15, -0.1) is 0 Å². The average molecular weight is 221 g/mol. The predicted octanol–water partition coefficient (Wildman–Crippen LogP) is 3.04. The van der Waals surface area contributed by atoms with Crippen LogP contribution in [0.3, 0.4) is 0 Å². The van der Waals surface area contributed by atoms with Gasteiger partial charge in [0.05, 0.1) is 11.4 Å². The fraction of sp³-hybridized carbons (Fsp3) is 0.769. The van der Waals surface area contributed by atoms with Crippen LogP contribution in [0.15, 0.2) is 0 Å². The van der Waals surface area contributed by atoms with Gasteiger partial charge in [0.1, 0.15) is 5.82 Å². The summed E-state index contributed by atoms with van der Waals surface area (Å²) < 4.78 is 0. The lowest BCUT2D eigenvalue weighted by molar-refractivity contribution is 0.430. The number of nitrogens with zero attached hydrogens (tertiary/aromatic N) is 1. The molecule has 16 heavy (non-hydrogen) atoms. The summed E-state index contributed by atoms with van der Waals surface area (Å²) in [6.45, 7) is 4.94. The molecule has 2 rings (SSSR count). The standard InChI is InChI=1S/C13H23N3/c1-9(2)12-11(8-14)15-13(16-12)10-6-4-3-5-7-10/h9-10H,3-8,14H2,1-2H3,(H,15,16). The van der Waals surface area contributed by atoms with Gasteiger partial charge in [-0.1, -0.05) is 33.1 Å². The van der Waals surface area contributed by atoms with E-state index in [0.29, 0.717) is 18.4 Å². The maximum absolute atomic E-state index is 5.76. The second-order valence-electron chi connectivity index (χ2n) is 5.18. The minimum Gasteiger partial charge on any atom is -0.344 e. The SMILES string of the molecule is CC(C)c1nc(C2CCCCC2)[nH]c1CN. The predicted molar refractivity (Wildman–Crippen MR) is 66.4 cm³/mol. The molecular formula is C13H23N3. The van der Waals surface area contributed by atoms with E-state index in [1.807, 2.05) is 0 Å². The van der Waals surface area contributed by atoms with E-state index in [2.05, 4.69) is 18.8 Å². The summed E-state index contributed by atoms with van der Waals surface area (Å²) in [6, 6.07) is 0. The Hall–Kier alpha value is -0.830. The van der Waals surface area contributed by atoms with Crippen LogP contribution in [0.25, 0.3) is 0 Å². The van der Waals surface area contributed by atoms with E-state index in [9.17, 15) is 0 Å². The van der Waals surface area contributed by atoms with Crippen LogP contribution in [-0.2, 0) is 6.54 Å². The fourth-order valence-corrected chi connectivity index (χ4v) is 2.65. The normalized spacial score (nSPS) is 18.2. The molecule has 0 aliphatic heterocycles. The van der Waals surface area contributed by atoms with Gasteiger partial charge in [0.15, 0.2) is 0 Å². The van der Waals surface area contributed by atoms with Crippen LogP contribution in [0.4, 0.5) is 0 Å². The van der Waals surface area contributed by atoms with E-state index >= 15 is 0 Å². The molecule has 1 heterocycles. The summed E-state index contributed by atoms with van der Waals surface area (Å²) in [5.74, 6) is 2.29. The zero-order chi connectivity index (χ0) is 11.5. The molecule has 1 aromatic heterocycles. The van der Waals surface area contributed by atoms with Crippen LogP contribution in [-0.4, -0.2) is 9.97 Å². The third kappa shape index (κ3) is 2.29. The largest absolute Gasteiger partial charge is 0.344 e. The van der Waals surface area contributed by atoms with Gasteiger partial charge >= 0.3 is 0 Å². The number of aromatic amines is 1. The quantitative estimate of drug-likeness (QED) is 0.824. The summed E-state index contributed by atoms with van der Waals surface area (Å²) >= 11 is 0. The summed E-state index contributed by atoms with van der Waals surface area (Å²) in [5, 5.41) is 0. The lowest BCUT2D eigenvalue weighted by Crippen LogP contribution is -2.06. The zero-order valence-corrected chi connectivity index (χ0v) is 10.4. The van der Waals surface area contributed by atoms with Crippen molar-refractivity contribution in [1.29, 1.82) is 0 Å². The molecule has 90 valence electrons. The van der Waals surface area contributed by atoms with E-state index in [4.69, 9.17) is 10.7 Å². The van der Waals surface area contributed by atoms with Gasteiger partial charge in [-0.2, -0.15) is 0 Å². The first-order chi connectivity index (χ1) is 7.72. The van der Waals surface area contributed by atoms with Crippen LogP contribution < -0.4 is 5.73 Å². The van der Waals surface area contributed by atoms with Crippen molar-refractivity contribution in [3.05, 3.63) is 17.2 Å². The Morgan fingerprint density at radius 2 is 2.00 bits per heavy atom. The second kappa shape index (κ2) is 5.00. The zero-order valence-electron chi connectivity index (χ0n) is 10.4. The van der Waals surface area contributed by atoms with E-state index in [1.54, 1.807) is 0 Å². The van der Waals surface area contributed by atoms with Crippen LogP contribution in [0.2, 0.25) is 0 Å². The van der Waals surface area contributed by atoms with Crippen LogP contribution in [0.5, 0.6) is 0 Å². The highest BCUT2D eigenvalue weighted by atomic mass is 15.0. The Morgan fingerprint density at radius 3 is 2.50 bits per heavy atom. The van der Waals surface area contributed by atoms with Crippen molar-refractivity contribution in [1.82, 2.24) is 9.97 Å². The average Bonchev–Trinajstić information content (AvgIpc) is 2.74. The third-order valence-corrected chi connectivity index (χ3v) is 3.57. The molecule has 0 unspecified atom stereocenters. The highest BCUT2D eigenvalue weighted by Crippen LogP contribution is 2.32. The molecule has 0 atom stereocenters. The Balaban J connectivity index is 2.20. The van der Waals surface area contributed by atoms with Crippen molar-refractivity contribution in [2.45, 2.75) is 64.3 Å². The number of hydrogen-bond donors (Lipinski definition) is 2. The third-order valence-electron chi connectivity index (χ3n) is 3.57. The molecule has 1 fully saturated rings. The fourth-order valence-electron chi connectivity index (χ4n) is 2.65. The lowest BCUT2D eigenvalue weighted by atomic mass is 9.89. The minimum absolute atomic E-state index is 0.465. The smallest absolute Gasteiger partial charge is 0.109 e. The molecule has 0 bridgehead atoms. The first-order valence-corrected chi connectivity index (χ1v) is 6.51. The van der Waals surface area contributed by atoms with Gasteiger partial charge in [0.2, 0.25) is 0 Å². The van der Waals surface area contributed by atoms with E-state index in [0.717, 1.165) is 5.69 Å². The Labute approximate surface area is 97.8 Å². The molecule has 0 amide bonds. The van der Waals surface area contributed by atoms with Crippen LogP contribution >= 0.6 is 0 Å². The van der Waals surface area contributed by atoms with Crippen molar-refractivity contribution < 1.29 is 0 Å². The molecule has 3 nitrogen and oxygen atoms in total. The molecular weight excluding hydrogens is 198 g/mol. The summed E-state index contributed by atoms with van der Waals surface area (Å²) in [6.07, 6.45) is 6.66. The molecule has 0 saturated heterocycles. The van der Waals surface area contributed by atoms with Crippen molar-refractivity contribution in [3.63, 3.8) is 0 Å². The second-order valence-corrected chi connectivity index (χ2v) is 5.18.